The molecule has 0 saturated carbocycles. The highest BCUT2D eigenvalue weighted by molar-refractivity contribution is 6.39. The Kier molecular flexibility index (Phi) is 6.26. The Morgan fingerprint density at radius 1 is 0.333 bits per heavy atom. The Balaban J connectivity index is 1.15. The maximum absolute atomic E-state index is 5.35. The molecule has 4 heterocycles. The number of para-hydroxylation sites is 4. The molecule has 276 valence electrons. The van der Waals surface area contributed by atoms with Gasteiger partial charge in [-0.05, 0) is 64.0 Å². The summed E-state index contributed by atoms with van der Waals surface area (Å²) in [4.78, 5) is 10.6. The van der Waals surface area contributed by atoms with Crippen molar-refractivity contribution in [2.75, 3.05) is 0 Å². The van der Waals surface area contributed by atoms with Gasteiger partial charge in [-0.25, -0.2) is 9.97 Å². The van der Waals surface area contributed by atoms with Crippen molar-refractivity contribution >= 4 is 103 Å². The van der Waals surface area contributed by atoms with E-state index < -0.39 is 0 Å². The molecule has 14 aromatic rings. The number of fused-ring (bicyclic) bond motifs is 16. The van der Waals surface area contributed by atoms with Crippen molar-refractivity contribution in [3.8, 4) is 28.2 Å². The van der Waals surface area contributed by atoms with Gasteiger partial charge in [0.05, 0.1) is 55.7 Å². The van der Waals surface area contributed by atoms with Crippen LogP contribution >= 0.6 is 0 Å². The Bertz CT molecular complexity index is 4120. The molecule has 4 heteroatoms. The fraction of sp³-hybridized carbons (Fsp3) is 0. The summed E-state index contributed by atoms with van der Waals surface area (Å²) in [6.45, 7) is 0. The van der Waals surface area contributed by atoms with E-state index in [-0.39, 0.29) is 0 Å². The van der Waals surface area contributed by atoms with Gasteiger partial charge in [0, 0.05) is 54.2 Å². The Morgan fingerprint density at radius 2 is 0.933 bits per heavy atom. The molecule has 0 aliphatic rings. The number of hydrogen-bond donors (Lipinski definition) is 0. The molecule has 0 spiro atoms. The number of nitrogens with zero attached hydrogens (tertiary/aromatic N) is 4. The van der Waals surface area contributed by atoms with Crippen molar-refractivity contribution in [1.82, 2.24) is 18.9 Å². The van der Waals surface area contributed by atoms with E-state index in [0.29, 0.717) is 0 Å². The van der Waals surface area contributed by atoms with E-state index in [1.165, 1.54) is 81.4 Å². The molecule has 60 heavy (non-hydrogen) atoms. The number of hydrogen-bond acceptors (Lipinski definition) is 2. The quantitative estimate of drug-likeness (QED) is 0.180. The largest absolute Gasteiger partial charge is 0.308 e. The highest BCUT2D eigenvalue weighted by Gasteiger charge is 2.27. The highest BCUT2D eigenvalue weighted by atomic mass is 15.0. The van der Waals surface area contributed by atoms with Crippen LogP contribution in [0, 0.1) is 0 Å². The zero-order valence-electron chi connectivity index (χ0n) is 32.3. The van der Waals surface area contributed by atoms with Crippen molar-refractivity contribution in [1.29, 1.82) is 0 Å². The van der Waals surface area contributed by atoms with Gasteiger partial charge < -0.3 is 8.97 Å². The number of aromatic nitrogens is 4. The molecule has 0 unspecified atom stereocenters. The zero-order chi connectivity index (χ0) is 39.1. The predicted molar refractivity (Wildman–Crippen MR) is 252 cm³/mol. The first kappa shape index (κ1) is 31.9. The maximum atomic E-state index is 5.35. The van der Waals surface area contributed by atoms with Gasteiger partial charge in [-0.1, -0.05) is 152 Å². The number of benzene rings is 10. The summed E-state index contributed by atoms with van der Waals surface area (Å²) in [6.07, 6.45) is 0. The third-order valence-electron chi connectivity index (χ3n) is 13.0. The molecule has 0 fully saturated rings. The van der Waals surface area contributed by atoms with Crippen LogP contribution < -0.4 is 0 Å². The van der Waals surface area contributed by atoms with Gasteiger partial charge in [0.15, 0.2) is 0 Å². The van der Waals surface area contributed by atoms with Crippen LogP contribution in [0.5, 0.6) is 0 Å². The van der Waals surface area contributed by atoms with Gasteiger partial charge >= 0.3 is 0 Å². The maximum Gasteiger partial charge on any atom is 0.0979 e. The van der Waals surface area contributed by atoms with Gasteiger partial charge in [0.25, 0.3) is 0 Å². The molecule has 0 atom stereocenters. The molecule has 10 aromatic carbocycles. The van der Waals surface area contributed by atoms with E-state index >= 15 is 0 Å². The summed E-state index contributed by atoms with van der Waals surface area (Å²) in [7, 11) is 0. The molecule has 4 aromatic heterocycles. The van der Waals surface area contributed by atoms with E-state index in [1.807, 2.05) is 18.2 Å². The van der Waals surface area contributed by atoms with Crippen molar-refractivity contribution in [3.05, 3.63) is 194 Å². The fourth-order valence-electron chi connectivity index (χ4n) is 10.5. The van der Waals surface area contributed by atoms with Gasteiger partial charge in [0.2, 0.25) is 0 Å². The second-order valence-corrected chi connectivity index (χ2v) is 16.1. The number of rotatable bonds is 3. The topological polar surface area (TPSA) is 35.1 Å². The molecule has 0 aliphatic carbocycles. The van der Waals surface area contributed by atoms with Crippen molar-refractivity contribution in [3.63, 3.8) is 0 Å². The highest BCUT2D eigenvalue weighted by Crippen LogP contribution is 2.49. The molecular formula is C56H32N4. The Morgan fingerprint density at radius 3 is 1.75 bits per heavy atom. The summed E-state index contributed by atoms with van der Waals surface area (Å²) in [5.41, 5.74) is 12.9. The lowest BCUT2D eigenvalue weighted by atomic mass is 9.96. The average Bonchev–Trinajstić information content (AvgIpc) is 3.96. The van der Waals surface area contributed by atoms with Crippen LogP contribution in [-0.2, 0) is 0 Å². The molecule has 0 amide bonds. The van der Waals surface area contributed by atoms with E-state index in [1.54, 1.807) is 0 Å². The third-order valence-corrected chi connectivity index (χ3v) is 13.0. The standard InChI is InChI=1S/C56H32N4/c1-2-15-33(16-3-1)52-53(58-46-27-12-11-26-45(46)57-52)39-29-30-48(37-20-7-6-19-36(37)39)59-47-28-13-10-23-42(47)51-55(59)40-22-9-8-21-38(40)50-43-25-14-24-41-44-31-34-17-4-5-18-35(34)32-49(44)60(54(41)43)56(50)51/h1-32H. The second-order valence-electron chi connectivity index (χ2n) is 16.1. The fourth-order valence-corrected chi connectivity index (χ4v) is 10.5. The van der Waals surface area contributed by atoms with Crippen molar-refractivity contribution in [2.24, 2.45) is 0 Å². The lowest BCUT2D eigenvalue weighted by Crippen LogP contribution is -1.99. The molecule has 0 aliphatic heterocycles. The molecule has 0 N–H and O–H groups in total. The van der Waals surface area contributed by atoms with Crippen LogP contribution in [0.1, 0.15) is 0 Å². The van der Waals surface area contributed by atoms with Crippen LogP contribution in [-0.4, -0.2) is 18.9 Å². The van der Waals surface area contributed by atoms with Crippen LogP contribution in [0.2, 0.25) is 0 Å². The summed E-state index contributed by atoms with van der Waals surface area (Å²) >= 11 is 0. The van der Waals surface area contributed by atoms with Gasteiger partial charge in [-0.15, -0.1) is 0 Å². The molecular weight excluding hydrogens is 729 g/mol. The minimum Gasteiger partial charge on any atom is -0.308 e. The second kappa shape index (κ2) is 11.8. The predicted octanol–water partition coefficient (Wildman–Crippen LogP) is 14.7. The Labute approximate surface area is 343 Å². The first-order valence-corrected chi connectivity index (χ1v) is 20.6. The third kappa shape index (κ3) is 4.14. The van der Waals surface area contributed by atoms with Crippen molar-refractivity contribution in [2.45, 2.75) is 0 Å². The molecule has 0 bridgehead atoms. The lowest BCUT2D eigenvalue weighted by molar-refractivity contribution is 1.20. The summed E-state index contributed by atoms with van der Waals surface area (Å²) in [5, 5.41) is 15.0. The SMILES string of the molecule is c1ccc(-c2nc3ccccc3nc2-c2ccc(-n3c4ccccc4c4c3c3ccccc3c3c5cccc6c7cc8ccccc8cc7n(c65)c34)c3ccccc23)cc1. The van der Waals surface area contributed by atoms with Gasteiger partial charge in [-0.3, -0.25) is 0 Å². The lowest BCUT2D eigenvalue weighted by Gasteiger charge is -2.17. The van der Waals surface area contributed by atoms with E-state index in [0.717, 1.165) is 50.0 Å². The summed E-state index contributed by atoms with van der Waals surface area (Å²) in [6, 6.07) is 70.4. The van der Waals surface area contributed by atoms with Crippen molar-refractivity contribution < 1.29 is 0 Å². The molecule has 0 saturated heterocycles. The first-order valence-electron chi connectivity index (χ1n) is 20.6. The monoisotopic (exact) mass is 760 g/mol. The Hall–Kier alpha value is -8.08. The van der Waals surface area contributed by atoms with E-state index in [4.69, 9.17) is 9.97 Å². The van der Waals surface area contributed by atoms with Crippen LogP contribution in [0.15, 0.2) is 194 Å². The first-order chi connectivity index (χ1) is 29.8. The molecule has 4 nitrogen and oxygen atoms in total. The summed E-state index contributed by atoms with van der Waals surface area (Å²) < 4.78 is 5.11. The minimum atomic E-state index is 0.877. The minimum absolute atomic E-state index is 0.877. The average molecular weight is 761 g/mol. The zero-order valence-corrected chi connectivity index (χ0v) is 32.3. The van der Waals surface area contributed by atoms with Gasteiger partial charge in [-0.2, -0.15) is 0 Å². The normalized spacial score (nSPS) is 12.3. The van der Waals surface area contributed by atoms with E-state index in [2.05, 4.69) is 185 Å². The van der Waals surface area contributed by atoms with Gasteiger partial charge in [0.1, 0.15) is 0 Å². The van der Waals surface area contributed by atoms with E-state index in [9.17, 15) is 0 Å². The molecule has 0 radical (unpaired) electrons. The molecule has 14 rings (SSSR count). The van der Waals surface area contributed by atoms with Crippen LogP contribution in [0.3, 0.4) is 0 Å². The van der Waals surface area contributed by atoms with Crippen LogP contribution in [0.25, 0.3) is 131 Å². The van der Waals surface area contributed by atoms with Crippen LogP contribution in [0.4, 0.5) is 0 Å². The summed E-state index contributed by atoms with van der Waals surface area (Å²) in [5.74, 6) is 0. The smallest absolute Gasteiger partial charge is 0.0979 e.